The molecule has 10 heteroatoms. The van der Waals surface area contributed by atoms with E-state index in [9.17, 15) is 18.0 Å². The van der Waals surface area contributed by atoms with E-state index in [0.717, 1.165) is 4.31 Å². The van der Waals surface area contributed by atoms with Gasteiger partial charge in [-0.3, -0.25) is 9.59 Å². The molecule has 33 heavy (non-hydrogen) atoms. The second kappa shape index (κ2) is 10.4. The van der Waals surface area contributed by atoms with Gasteiger partial charge in [-0.1, -0.05) is 53.5 Å². The van der Waals surface area contributed by atoms with Crippen LogP contribution in [-0.4, -0.2) is 45.1 Å². The summed E-state index contributed by atoms with van der Waals surface area (Å²) in [4.78, 5) is 25.5. The first-order valence-corrected chi connectivity index (χ1v) is 11.8. The number of carbonyl (C=O) groups is 2. The van der Waals surface area contributed by atoms with Crippen molar-refractivity contribution in [2.45, 2.75) is 4.90 Å². The molecule has 0 bridgehead atoms. The van der Waals surface area contributed by atoms with Crippen molar-refractivity contribution in [1.82, 2.24) is 4.31 Å². The minimum Gasteiger partial charge on any atom is -0.495 e. The van der Waals surface area contributed by atoms with E-state index in [1.165, 1.54) is 50.6 Å². The fraction of sp³-hybridized carbons (Fsp3) is 0.130. The van der Waals surface area contributed by atoms with E-state index < -0.39 is 22.5 Å². The van der Waals surface area contributed by atoms with Crippen LogP contribution in [0.2, 0.25) is 10.0 Å². The summed E-state index contributed by atoms with van der Waals surface area (Å²) in [6, 6.07) is 17.2. The number of sulfonamides is 1. The lowest BCUT2D eigenvalue weighted by Crippen LogP contribution is -2.35. The van der Waals surface area contributed by atoms with Gasteiger partial charge in [-0.25, -0.2) is 8.42 Å². The molecule has 0 aliphatic carbocycles. The number of nitrogens with one attached hydrogen (secondary N) is 1. The summed E-state index contributed by atoms with van der Waals surface area (Å²) in [6.07, 6.45) is 0. The number of benzene rings is 3. The Balaban J connectivity index is 1.83. The number of halogens is 2. The molecule has 0 aliphatic rings. The van der Waals surface area contributed by atoms with E-state index in [2.05, 4.69) is 5.32 Å². The van der Waals surface area contributed by atoms with Gasteiger partial charge in [0.25, 0.3) is 0 Å². The Morgan fingerprint density at radius 1 is 0.970 bits per heavy atom. The number of likely N-dealkylation sites (N-methyl/N-ethyl adjacent to an activating group) is 1. The van der Waals surface area contributed by atoms with Crippen LogP contribution < -0.4 is 10.1 Å². The Morgan fingerprint density at radius 2 is 1.61 bits per heavy atom. The third-order valence-electron chi connectivity index (χ3n) is 4.72. The third-order valence-corrected chi connectivity index (χ3v) is 7.01. The average Bonchev–Trinajstić information content (AvgIpc) is 2.80. The summed E-state index contributed by atoms with van der Waals surface area (Å²) in [5.41, 5.74) is 0.816. The van der Waals surface area contributed by atoms with Gasteiger partial charge < -0.3 is 10.1 Å². The van der Waals surface area contributed by atoms with E-state index in [-0.39, 0.29) is 32.7 Å². The van der Waals surface area contributed by atoms with Crippen molar-refractivity contribution in [1.29, 1.82) is 0 Å². The van der Waals surface area contributed by atoms with Crippen molar-refractivity contribution in [2.75, 3.05) is 26.0 Å². The molecule has 0 aromatic heterocycles. The van der Waals surface area contributed by atoms with Crippen molar-refractivity contribution in [2.24, 2.45) is 0 Å². The lowest BCUT2D eigenvalue weighted by molar-refractivity contribution is -0.116. The molecule has 3 rings (SSSR count). The van der Waals surface area contributed by atoms with Crippen molar-refractivity contribution >= 4 is 50.6 Å². The van der Waals surface area contributed by atoms with Crippen LogP contribution in [-0.2, 0) is 14.8 Å². The van der Waals surface area contributed by atoms with Gasteiger partial charge in [-0.2, -0.15) is 4.31 Å². The Morgan fingerprint density at radius 3 is 2.27 bits per heavy atom. The number of hydrogen-bond acceptors (Lipinski definition) is 5. The first kappa shape index (κ1) is 24.7. The number of hydrogen-bond donors (Lipinski definition) is 1. The van der Waals surface area contributed by atoms with E-state index in [1.54, 1.807) is 30.3 Å². The summed E-state index contributed by atoms with van der Waals surface area (Å²) in [5.74, 6) is -0.885. The molecule has 0 radical (unpaired) electrons. The predicted octanol–water partition coefficient (Wildman–Crippen LogP) is 4.49. The first-order valence-electron chi connectivity index (χ1n) is 9.62. The second-order valence-electron chi connectivity index (χ2n) is 6.99. The Kier molecular flexibility index (Phi) is 7.76. The molecular weight excluding hydrogens is 487 g/mol. The normalized spacial score (nSPS) is 11.3. The molecular formula is C23H20Cl2N2O5S. The smallest absolute Gasteiger partial charge is 0.247 e. The van der Waals surface area contributed by atoms with Crippen molar-refractivity contribution in [3.63, 3.8) is 0 Å². The van der Waals surface area contributed by atoms with Crippen LogP contribution in [0.15, 0.2) is 71.6 Å². The van der Waals surface area contributed by atoms with Gasteiger partial charge in [0.1, 0.15) is 10.6 Å². The predicted molar refractivity (Wildman–Crippen MR) is 128 cm³/mol. The lowest BCUT2D eigenvalue weighted by atomic mass is 10.0. The van der Waals surface area contributed by atoms with Crippen LogP contribution in [0.25, 0.3) is 0 Å². The minimum absolute atomic E-state index is 0.0973. The van der Waals surface area contributed by atoms with E-state index in [1.807, 2.05) is 0 Å². The third kappa shape index (κ3) is 5.72. The fourth-order valence-electron chi connectivity index (χ4n) is 3.06. The summed E-state index contributed by atoms with van der Waals surface area (Å²) in [5, 5.41) is 3.13. The molecule has 0 spiro atoms. The molecule has 0 unspecified atom stereocenters. The topological polar surface area (TPSA) is 92.8 Å². The highest BCUT2D eigenvalue weighted by atomic mass is 35.5. The van der Waals surface area contributed by atoms with Crippen LogP contribution >= 0.6 is 23.2 Å². The van der Waals surface area contributed by atoms with Gasteiger partial charge in [0.2, 0.25) is 15.9 Å². The van der Waals surface area contributed by atoms with Crippen LogP contribution in [0.3, 0.4) is 0 Å². The summed E-state index contributed by atoms with van der Waals surface area (Å²) >= 11 is 12.0. The zero-order valence-electron chi connectivity index (χ0n) is 17.7. The minimum atomic E-state index is -4.09. The fourth-order valence-corrected chi connectivity index (χ4v) is 4.77. The van der Waals surface area contributed by atoms with Crippen LogP contribution in [0, 0.1) is 0 Å². The van der Waals surface area contributed by atoms with Crippen molar-refractivity contribution < 1.29 is 22.7 Å². The number of nitrogens with zero attached hydrogens (tertiary/aromatic N) is 1. The van der Waals surface area contributed by atoms with Gasteiger partial charge >= 0.3 is 0 Å². The highest BCUT2D eigenvalue weighted by Crippen LogP contribution is 2.29. The molecule has 0 heterocycles. The second-order valence-corrected chi connectivity index (χ2v) is 9.88. The summed E-state index contributed by atoms with van der Waals surface area (Å²) in [7, 11) is -1.50. The van der Waals surface area contributed by atoms with Gasteiger partial charge in [-0.05, 0) is 36.4 Å². The Labute approximate surface area is 201 Å². The highest BCUT2D eigenvalue weighted by molar-refractivity contribution is 7.89. The SMILES string of the molecule is COc1ccc(Cl)cc1S(=O)(=O)N(C)CC(=O)Nc1ccc(Cl)cc1C(=O)c1ccccc1. The van der Waals surface area contributed by atoms with Gasteiger partial charge in [0.05, 0.1) is 19.3 Å². The van der Waals surface area contributed by atoms with E-state index in [4.69, 9.17) is 27.9 Å². The standard InChI is InChI=1S/C23H20Cl2N2O5S/c1-27(33(30,31)21-13-17(25)9-11-20(21)32-2)14-22(28)26-19-10-8-16(24)12-18(19)23(29)15-6-4-3-5-7-15/h3-13H,14H2,1-2H3,(H,26,28). The Hall–Kier alpha value is -2.91. The first-order chi connectivity index (χ1) is 15.6. The average molecular weight is 507 g/mol. The molecule has 3 aromatic carbocycles. The number of carbonyl (C=O) groups excluding carboxylic acids is 2. The van der Waals surface area contributed by atoms with Crippen LogP contribution in [0.5, 0.6) is 5.75 Å². The molecule has 172 valence electrons. The van der Waals surface area contributed by atoms with Crippen molar-refractivity contribution in [3.05, 3.63) is 87.9 Å². The van der Waals surface area contributed by atoms with E-state index >= 15 is 0 Å². The summed E-state index contributed by atoms with van der Waals surface area (Å²) < 4.78 is 32.0. The molecule has 7 nitrogen and oxygen atoms in total. The van der Waals surface area contributed by atoms with Gasteiger partial charge in [0, 0.05) is 28.2 Å². The molecule has 3 aromatic rings. The summed E-state index contributed by atoms with van der Waals surface area (Å²) in [6.45, 7) is -0.514. The quantitative estimate of drug-likeness (QED) is 0.454. The maximum atomic E-state index is 13.0. The number of methoxy groups -OCH3 is 1. The van der Waals surface area contributed by atoms with Gasteiger partial charge in [-0.15, -0.1) is 0 Å². The largest absolute Gasteiger partial charge is 0.495 e. The monoisotopic (exact) mass is 506 g/mol. The number of ketones is 1. The van der Waals surface area contributed by atoms with Crippen LogP contribution in [0.1, 0.15) is 15.9 Å². The maximum absolute atomic E-state index is 13.0. The number of anilines is 1. The number of ether oxygens (including phenoxy) is 1. The zero-order chi connectivity index (χ0) is 24.2. The zero-order valence-corrected chi connectivity index (χ0v) is 20.0. The van der Waals surface area contributed by atoms with Crippen molar-refractivity contribution in [3.8, 4) is 5.75 Å². The molecule has 1 amide bonds. The molecule has 0 saturated carbocycles. The number of amides is 1. The lowest BCUT2D eigenvalue weighted by Gasteiger charge is -2.19. The van der Waals surface area contributed by atoms with Gasteiger partial charge in [0.15, 0.2) is 5.78 Å². The Bertz CT molecular complexity index is 1300. The van der Waals surface area contributed by atoms with Crippen LogP contribution in [0.4, 0.5) is 5.69 Å². The molecule has 1 N–H and O–H groups in total. The molecule has 0 atom stereocenters. The molecule has 0 fully saturated rings. The number of rotatable bonds is 8. The highest BCUT2D eigenvalue weighted by Gasteiger charge is 2.27. The molecule has 0 aliphatic heterocycles. The maximum Gasteiger partial charge on any atom is 0.247 e. The molecule has 0 saturated heterocycles. The van der Waals surface area contributed by atoms with E-state index in [0.29, 0.717) is 10.6 Å².